The predicted molar refractivity (Wildman–Crippen MR) is 85.8 cm³/mol. The van der Waals surface area contributed by atoms with Crippen LogP contribution in [0.5, 0.6) is 0 Å². The van der Waals surface area contributed by atoms with Crippen LogP contribution in [0.4, 0.5) is 0 Å². The molecule has 0 aromatic carbocycles. The zero-order valence-electron chi connectivity index (χ0n) is 13.0. The van der Waals surface area contributed by atoms with Gasteiger partial charge in [-0.3, -0.25) is 4.79 Å². The van der Waals surface area contributed by atoms with Gasteiger partial charge in [0, 0.05) is 6.04 Å². The van der Waals surface area contributed by atoms with E-state index in [1.54, 1.807) is 6.92 Å². The molecule has 3 rings (SSSR count). The lowest BCUT2D eigenvalue weighted by molar-refractivity contribution is -0.120. The maximum Gasteiger partial charge on any atom is 0.233 e. The molecule has 1 saturated heterocycles. The first kappa shape index (κ1) is 16.7. The number of thioether (sulfide) groups is 1. The summed E-state index contributed by atoms with van der Waals surface area (Å²) >= 11 is 1.32. The third kappa shape index (κ3) is 4.03. The Morgan fingerprint density at radius 1 is 1.35 bits per heavy atom. The highest BCUT2D eigenvalue weighted by molar-refractivity contribution is 8.00. The summed E-state index contributed by atoms with van der Waals surface area (Å²) in [4.78, 5) is 12.3. The van der Waals surface area contributed by atoms with Gasteiger partial charge >= 0.3 is 0 Å². The van der Waals surface area contributed by atoms with Gasteiger partial charge in [0.1, 0.15) is 0 Å². The number of amides is 1. The molecule has 128 valence electrons. The monoisotopic (exact) mass is 359 g/mol. The number of tetrazole rings is 1. The van der Waals surface area contributed by atoms with Gasteiger partial charge < -0.3 is 5.32 Å². The molecule has 2 atom stereocenters. The van der Waals surface area contributed by atoms with Crippen LogP contribution in [0.1, 0.15) is 45.1 Å². The molecule has 10 heteroatoms. The molecule has 0 radical (unpaired) electrons. The molecule has 1 N–H and O–H groups in total. The van der Waals surface area contributed by atoms with Crippen molar-refractivity contribution in [2.24, 2.45) is 0 Å². The van der Waals surface area contributed by atoms with Crippen LogP contribution in [-0.4, -0.2) is 57.3 Å². The number of hydrogen-bond donors (Lipinski definition) is 1. The summed E-state index contributed by atoms with van der Waals surface area (Å²) in [6.07, 6.45) is 4.99. The minimum atomic E-state index is -2.99. The lowest BCUT2D eigenvalue weighted by Crippen LogP contribution is -2.40. The number of sulfone groups is 1. The minimum absolute atomic E-state index is 0.0376. The van der Waals surface area contributed by atoms with Crippen molar-refractivity contribution in [2.45, 2.75) is 61.5 Å². The second-order valence-electron chi connectivity index (χ2n) is 6.21. The molecule has 2 heterocycles. The first-order valence-electron chi connectivity index (χ1n) is 7.90. The largest absolute Gasteiger partial charge is 0.351 e. The number of nitrogens with one attached hydrogen (secondary N) is 1. The van der Waals surface area contributed by atoms with Crippen molar-refractivity contribution in [2.75, 3.05) is 11.5 Å². The molecule has 1 aromatic heterocycles. The van der Waals surface area contributed by atoms with Gasteiger partial charge in [-0.15, -0.1) is 5.10 Å². The highest BCUT2D eigenvalue weighted by Crippen LogP contribution is 2.32. The van der Waals surface area contributed by atoms with E-state index in [1.165, 1.54) is 24.6 Å². The fraction of sp³-hybridized carbons (Fsp3) is 0.846. The molecule has 2 unspecified atom stereocenters. The van der Waals surface area contributed by atoms with Crippen molar-refractivity contribution >= 4 is 27.5 Å². The number of rotatable bonds is 5. The Kier molecular flexibility index (Phi) is 4.90. The van der Waals surface area contributed by atoms with Gasteiger partial charge in [-0.05, 0) is 36.6 Å². The molecule has 1 aliphatic carbocycles. The smallest absolute Gasteiger partial charge is 0.233 e. The maximum atomic E-state index is 12.3. The number of carbonyl (C=O) groups is 1. The van der Waals surface area contributed by atoms with Gasteiger partial charge in [0.25, 0.3) is 0 Å². The Labute approximate surface area is 139 Å². The number of carbonyl (C=O) groups excluding carboxylic acids is 1. The molecule has 2 aliphatic rings. The fourth-order valence-corrected chi connectivity index (χ4v) is 5.62. The van der Waals surface area contributed by atoms with Crippen molar-refractivity contribution < 1.29 is 13.2 Å². The lowest BCUT2D eigenvalue weighted by atomic mass is 10.2. The van der Waals surface area contributed by atoms with Crippen LogP contribution in [0.15, 0.2) is 5.16 Å². The van der Waals surface area contributed by atoms with Crippen molar-refractivity contribution in [3.05, 3.63) is 0 Å². The van der Waals surface area contributed by atoms with Gasteiger partial charge in [-0.25, -0.2) is 13.1 Å². The molecule has 1 amide bonds. The molecule has 0 spiro atoms. The third-order valence-electron chi connectivity index (χ3n) is 4.36. The van der Waals surface area contributed by atoms with Crippen LogP contribution >= 0.6 is 11.8 Å². The van der Waals surface area contributed by atoms with Crippen LogP contribution in [0.3, 0.4) is 0 Å². The van der Waals surface area contributed by atoms with Crippen LogP contribution in [0, 0.1) is 0 Å². The summed E-state index contributed by atoms with van der Waals surface area (Å²) in [5, 5.41) is 14.9. The van der Waals surface area contributed by atoms with Gasteiger partial charge in [0.05, 0.1) is 22.8 Å². The van der Waals surface area contributed by atoms with Crippen molar-refractivity contribution in [1.29, 1.82) is 0 Å². The van der Waals surface area contributed by atoms with E-state index in [9.17, 15) is 13.2 Å². The van der Waals surface area contributed by atoms with E-state index in [1.807, 2.05) is 4.68 Å². The number of aromatic nitrogens is 4. The van der Waals surface area contributed by atoms with Crippen LogP contribution < -0.4 is 5.32 Å². The van der Waals surface area contributed by atoms with E-state index in [2.05, 4.69) is 20.8 Å². The van der Waals surface area contributed by atoms with E-state index in [4.69, 9.17) is 0 Å². The van der Waals surface area contributed by atoms with Crippen molar-refractivity contribution in [1.82, 2.24) is 25.5 Å². The summed E-state index contributed by atoms with van der Waals surface area (Å²) in [5.41, 5.74) is 0. The zero-order valence-corrected chi connectivity index (χ0v) is 14.6. The second-order valence-corrected chi connectivity index (χ2v) is 9.75. The van der Waals surface area contributed by atoms with Crippen molar-refractivity contribution in [3.8, 4) is 0 Å². The average Bonchev–Trinajstić information content (AvgIpc) is 3.19. The normalized spacial score (nSPS) is 25.5. The Balaban J connectivity index is 1.57. The Morgan fingerprint density at radius 3 is 2.74 bits per heavy atom. The summed E-state index contributed by atoms with van der Waals surface area (Å²) < 4.78 is 24.7. The van der Waals surface area contributed by atoms with E-state index >= 15 is 0 Å². The molecular weight excluding hydrogens is 338 g/mol. The summed E-state index contributed by atoms with van der Waals surface area (Å²) in [6.45, 7) is 1.79. The van der Waals surface area contributed by atoms with Crippen LogP contribution in [-0.2, 0) is 14.6 Å². The van der Waals surface area contributed by atoms with Crippen molar-refractivity contribution in [3.63, 3.8) is 0 Å². The predicted octanol–water partition coefficient (Wildman–Crippen LogP) is 0.572. The summed E-state index contributed by atoms with van der Waals surface area (Å²) in [5.74, 6) is 0.0214. The van der Waals surface area contributed by atoms with Gasteiger partial charge in [-0.1, -0.05) is 24.6 Å². The topological polar surface area (TPSA) is 107 Å². The van der Waals surface area contributed by atoms with Crippen LogP contribution in [0.25, 0.3) is 0 Å². The Bertz CT molecular complexity index is 669. The maximum absolute atomic E-state index is 12.3. The molecule has 23 heavy (non-hydrogen) atoms. The zero-order chi connectivity index (χ0) is 16.4. The van der Waals surface area contributed by atoms with E-state index in [0.717, 1.165) is 12.8 Å². The van der Waals surface area contributed by atoms with Gasteiger partial charge in [0.15, 0.2) is 9.84 Å². The summed E-state index contributed by atoms with van der Waals surface area (Å²) in [7, 11) is -2.99. The van der Waals surface area contributed by atoms with E-state index in [0.29, 0.717) is 17.6 Å². The molecule has 1 aliphatic heterocycles. The average molecular weight is 359 g/mol. The molecule has 2 fully saturated rings. The Hall–Kier alpha value is -1.16. The highest BCUT2D eigenvalue weighted by atomic mass is 32.2. The molecule has 1 saturated carbocycles. The van der Waals surface area contributed by atoms with E-state index in [-0.39, 0.29) is 28.7 Å². The minimum Gasteiger partial charge on any atom is -0.351 e. The van der Waals surface area contributed by atoms with Gasteiger partial charge in [0.2, 0.25) is 11.1 Å². The SMILES string of the molecule is CC(Sc1nnnn1C1CCCC1)C(=O)NC1CCS(=O)(=O)C1. The van der Waals surface area contributed by atoms with Crippen LogP contribution in [0.2, 0.25) is 0 Å². The summed E-state index contributed by atoms with van der Waals surface area (Å²) in [6, 6.07) is 0.0455. The fourth-order valence-electron chi connectivity index (χ4n) is 3.08. The Morgan fingerprint density at radius 2 is 2.09 bits per heavy atom. The first-order chi connectivity index (χ1) is 10.9. The standard InChI is InChI=1S/C13H21N5O3S2/c1-9(12(19)14-10-6-7-23(20,21)8-10)22-13-15-16-17-18(13)11-4-2-3-5-11/h9-11H,2-8H2,1H3,(H,14,19). The lowest BCUT2D eigenvalue weighted by Gasteiger charge is -2.16. The molecule has 0 bridgehead atoms. The number of hydrogen-bond acceptors (Lipinski definition) is 7. The van der Waals surface area contributed by atoms with E-state index < -0.39 is 9.84 Å². The molecular formula is C13H21N5O3S2. The first-order valence-corrected chi connectivity index (χ1v) is 10.6. The number of nitrogens with zero attached hydrogens (tertiary/aromatic N) is 4. The third-order valence-corrected chi connectivity index (χ3v) is 7.18. The second kappa shape index (κ2) is 6.76. The molecule has 8 nitrogen and oxygen atoms in total. The molecule has 1 aromatic rings. The quantitative estimate of drug-likeness (QED) is 0.766. The van der Waals surface area contributed by atoms with Gasteiger partial charge in [-0.2, -0.15) is 0 Å². The highest BCUT2D eigenvalue weighted by Gasteiger charge is 2.31.